The fourth-order valence-corrected chi connectivity index (χ4v) is 5.49. The molecule has 1 aromatic heterocycles. The van der Waals surface area contributed by atoms with Gasteiger partial charge in [-0.1, -0.05) is 11.6 Å². The van der Waals surface area contributed by atoms with E-state index in [1.807, 2.05) is 13.8 Å². The number of carbonyl (C=O) groups is 2. The molecule has 3 aromatic carbocycles. The van der Waals surface area contributed by atoms with Crippen molar-refractivity contribution in [2.75, 3.05) is 70.1 Å². The fourth-order valence-electron chi connectivity index (χ4n) is 5.27. The van der Waals surface area contributed by atoms with E-state index in [9.17, 15) is 14.0 Å². The molecule has 0 spiro atoms. The Morgan fingerprint density at radius 1 is 0.940 bits per heavy atom. The Labute approximate surface area is 295 Å². The van der Waals surface area contributed by atoms with E-state index in [0.717, 1.165) is 39.1 Å². The van der Waals surface area contributed by atoms with Crippen LogP contribution in [0.25, 0.3) is 0 Å². The number of amides is 2. The maximum Gasteiger partial charge on any atom is 0.262 e. The number of nitrogens with one attached hydrogen (secondary N) is 2. The summed E-state index contributed by atoms with van der Waals surface area (Å²) in [6.45, 7) is 10.2. The summed E-state index contributed by atoms with van der Waals surface area (Å²) in [6, 6.07) is 14.2. The van der Waals surface area contributed by atoms with Crippen molar-refractivity contribution in [3.05, 3.63) is 94.6 Å². The van der Waals surface area contributed by atoms with Crippen LogP contribution in [0.15, 0.2) is 66.9 Å². The quantitative estimate of drug-likeness (QED) is 0.138. The lowest BCUT2D eigenvalue weighted by molar-refractivity contribution is 0.0772. The minimum absolute atomic E-state index is 0.00281. The summed E-state index contributed by atoms with van der Waals surface area (Å²) in [6.07, 6.45) is 2.02. The van der Waals surface area contributed by atoms with Crippen molar-refractivity contribution in [3.63, 3.8) is 0 Å². The molecule has 50 heavy (non-hydrogen) atoms. The number of rotatable bonds is 14. The van der Waals surface area contributed by atoms with Crippen LogP contribution in [0.3, 0.4) is 0 Å². The normalized spacial score (nSPS) is 13.5. The van der Waals surface area contributed by atoms with Gasteiger partial charge < -0.3 is 34.8 Å². The number of aromatic nitrogens is 2. The van der Waals surface area contributed by atoms with Gasteiger partial charge in [-0.3, -0.25) is 9.59 Å². The second-order valence-electron chi connectivity index (χ2n) is 11.7. The number of benzene rings is 3. The van der Waals surface area contributed by atoms with Crippen molar-refractivity contribution < 1.29 is 27.8 Å². The lowest BCUT2D eigenvalue weighted by Crippen LogP contribution is -2.44. The molecule has 14 heteroatoms. The molecule has 0 atom stereocenters. The molecule has 0 saturated carbocycles. The van der Waals surface area contributed by atoms with Crippen LogP contribution >= 0.6 is 11.6 Å². The van der Waals surface area contributed by atoms with Gasteiger partial charge in [-0.15, -0.1) is 0 Å². The predicted molar refractivity (Wildman–Crippen MR) is 189 cm³/mol. The van der Waals surface area contributed by atoms with Crippen molar-refractivity contribution in [1.29, 1.82) is 0 Å². The molecule has 1 aliphatic rings. The number of anilines is 3. The van der Waals surface area contributed by atoms with E-state index in [1.165, 1.54) is 54.7 Å². The Hall–Kier alpha value is -4.85. The van der Waals surface area contributed by atoms with Gasteiger partial charge in [0.15, 0.2) is 11.6 Å². The molecule has 0 aliphatic carbocycles. The van der Waals surface area contributed by atoms with Crippen LogP contribution in [0.4, 0.5) is 26.1 Å². The van der Waals surface area contributed by atoms with Crippen LogP contribution in [-0.2, 0) is 0 Å². The van der Waals surface area contributed by atoms with Crippen LogP contribution < -0.4 is 20.1 Å². The van der Waals surface area contributed by atoms with Crippen LogP contribution in [0, 0.1) is 11.6 Å². The number of hydrogen-bond donors (Lipinski definition) is 2. The summed E-state index contributed by atoms with van der Waals surface area (Å²) in [4.78, 5) is 41.1. The minimum Gasteiger partial charge on any atom is -0.490 e. The van der Waals surface area contributed by atoms with E-state index in [0.29, 0.717) is 36.6 Å². The lowest BCUT2D eigenvalue weighted by atomic mass is 10.2. The molecule has 2 amide bonds. The zero-order valence-corrected chi connectivity index (χ0v) is 29.0. The van der Waals surface area contributed by atoms with Crippen molar-refractivity contribution >= 4 is 40.7 Å². The molecule has 0 bridgehead atoms. The van der Waals surface area contributed by atoms with Crippen molar-refractivity contribution in [2.24, 2.45) is 0 Å². The van der Waals surface area contributed by atoms with Gasteiger partial charge in [-0.05, 0) is 81.9 Å². The lowest BCUT2D eigenvalue weighted by Gasteiger charge is -2.32. The Morgan fingerprint density at radius 3 is 2.32 bits per heavy atom. The molecular weight excluding hydrogens is 668 g/mol. The Kier molecular flexibility index (Phi) is 12.5. The third-order valence-electron chi connectivity index (χ3n) is 8.20. The Bertz CT molecular complexity index is 1790. The number of hydrogen-bond acceptors (Lipinski definition) is 9. The first-order chi connectivity index (χ1) is 24.1. The SMILES string of the molecule is CCN(CC)C(=O)c1ccc(Oc2nc(Nc3ccc(OCCCN4CCN(C)CC4)c(F)c3)ncc2C(=O)Nc2ccc(F)cc2)c(Cl)c1. The number of carbonyl (C=O) groups excluding carboxylic acids is 2. The van der Waals surface area contributed by atoms with Crippen LogP contribution in [0.2, 0.25) is 5.02 Å². The third kappa shape index (κ3) is 9.65. The molecule has 1 fully saturated rings. The van der Waals surface area contributed by atoms with Gasteiger partial charge in [0.05, 0.1) is 11.6 Å². The zero-order chi connectivity index (χ0) is 35.6. The molecule has 0 radical (unpaired) electrons. The fraction of sp³-hybridized carbons (Fsp3) is 0.333. The molecular formula is C36H40ClF2N7O4. The minimum atomic E-state index is -0.636. The van der Waals surface area contributed by atoms with E-state index in [1.54, 1.807) is 17.0 Å². The highest BCUT2D eigenvalue weighted by molar-refractivity contribution is 6.32. The summed E-state index contributed by atoms with van der Waals surface area (Å²) in [5.41, 5.74) is 0.971. The van der Waals surface area contributed by atoms with E-state index in [4.69, 9.17) is 21.1 Å². The van der Waals surface area contributed by atoms with Crippen molar-refractivity contribution in [3.8, 4) is 17.4 Å². The number of nitrogens with zero attached hydrogens (tertiary/aromatic N) is 5. The Morgan fingerprint density at radius 2 is 1.64 bits per heavy atom. The summed E-state index contributed by atoms with van der Waals surface area (Å²) < 4.78 is 40.2. The molecule has 4 aromatic rings. The summed E-state index contributed by atoms with van der Waals surface area (Å²) in [5, 5.41) is 5.71. The smallest absolute Gasteiger partial charge is 0.262 e. The van der Waals surface area contributed by atoms with Crippen molar-refractivity contribution in [1.82, 2.24) is 24.7 Å². The standard InChI is InChI=1S/C36H40ClF2N7O4/c1-4-46(5-2)35(48)24-7-13-31(29(37)21-24)50-34-28(33(47)41-26-10-8-25(38)9-11-26)23-40-36(43-34)42-27-12-14-32(30(39)22-27)49-20-6-15-45-18-16-44(3)17-19-45/h7-14,21-23H,4-6,15-20H2,1-3H3,(H,41,47)(H,40,42,43). The Balaban J connectivity index is 1.31. The highest BCUT2D eigenvalue weighted by Gasteiger charge is 2.21. The molecule has 264 valence electrons. The molecule has 1 saturated heterocycles. The summed E-state index contributed by atoms with van der Waals surface area (Å²) in [7, 11) is 2.11. The van der Waals surface area contributed by atoms with Gasteiger partial charge in [-0.25, -0.2) is 13.8 Å². The van der Waals surface area contributed by atoms with E-state index in [2.05, 4.69) is 37.4 Å². The molecule has 2 N–H and O–H groups in total. The molecule has 0 unspecified atom stereocenters. The van der Waals surface area contributed by atoms with Crippen LogP contribution in [-0.4, -0.2) is 95.9 Å². The van der Waals surface area contributed by atoms with E-state index < -0.39 is 17.5 Å². The van der Waals surface area contributed by atoms with Gasteiger partial charge in [0.2, 0.25) is 11.8 Å². The average Bonchev–Trinajstić information content (AvgIpc) is 3.10. The van der Waals surface area contributed by atoms with E-state index in [-0.39, 0.29) is 39.8 Å². The second-order valence-corrected chi connectivity index (χ2v) is 12.1. The third-order valence-corrected chi connectivity index (χ3v) is 8.49. The number of halogens is 3. The van der Waals surface area contributed by atoms with Crippen molar-refractivity contribution in [2.45, 2.75) is 20.3 Å². The molecule has 1 aliphatic heterocycles. The van der Waals surface area contributed by atoms with Gasteiger partial charge in [0, 0.05) is 75.0 Å². The molecule has 11 nitrogen and oxygen atoms in total. The van der Waals surface area contributed by atoms with Crippen LogP contribution in [0.5, 0.6) is 17.4 Å². The maximum absolute atomic E-state index is 15.0. The molecule has 2 heterocycles. The highest BCUT2D eigenvalue weighted by atomic mass is 35.5. The first kappa shape index (κ1) is 36.4. The van der Waals surface area contributed by atoms with Gasteiger partial charge in [-0.2, -0.15) is 4.98 Å². The zero-order valence-electron chi connectivity index (χ0n) is 28.2. The summed E-state index contributed by atoms with van der Waals surface area (Å²) >= 11 is 6.53. The number of piperazine rings is 1. The monoisotopic (exact) mass is 707 g/mol. The average molecular weight is 708 g/mol. The van der Waals surface area contributed by atoms with E-state index >= 15 is 4.39 Å². The molecule has 5 rings (SSSR count). The largest absolute Gasteiger partial charge is 0.490 e. The number of ether oxygens (including phenoxy) is 2. The second kappa shape index (κ2) is 17.2. The maximum atomic E-state index is 15.0. The van der Waals surface area contributed by atoms with Gasteiger partial charge >= 0.3 is 0 Å². The predicted octanol–water partition coefficient (Wildman–Crippen LogP) is 6.69. The first-order valence-corrected chi connectivity index (χ1v) is 16.8. The van der Waals surface area contributed by atoms with Gasteiger partial charge in [0.1, 0.15) is 17.1 Å². The topological polar surface area (TPSA) is 112 Å². The van der Waals surface area contributed by atoms with Gasteiger partial charge in [0.25, 0.3) is 11.8 Å². The highest BCUT2D eigenvalue weighted by Crippen LogP contribution is 2.33. The number of likely N-dealkylation sites (N-methyl/N-ethyl adjacent to an activating group) is 1. The summed E-state index contributed by atoms with van der Waals surface area (Å²) in [5.74, 6) is -1.76. The van der Waals surface area contributed by atoms with Crippen LogP contribution in [0.1, 0.15) is 41.0 Å². The first-order valence-electron chi connectivity index (χ1n) is 16.4.